The quantitative estimate of drug-likeness (QED) is 0.301. The number of carbonyl (C=O) groups is 3. The van der Waals surface area contributed by atoms with E-state index in [4.69, 9.17) is 5.73 Å². The molecular weight excluding hydrogens is 538 g/mol. The molecule has 1 amide bonds. The lowest BCUT2D eigenvalue weighted by atomic mass is 10.0. The monoisotopic (exact) mass is 587 g/mol. The predicted octanol–water partition coefficient (Wildman–Crippen LogP) is 5.62. The van der Waals surface area contributed by atoms with Crippen LogP contribution in [0.1, 0.15) is 82.6 Å². The molecule has 3 heterocycles. The Hall–Kier alpha value is -3.65. The van der Waals surface area contributed by atoms with Crippen LogP contribution in [-0.2, 0) is 9.59 Å². The minimum absolute atomic E-state index is 0.118. The average Bonchev–Trinajstić information content (AvgIpc) is 3.83. The van der Waals surface area contributed by atoms with Crippen LogP contribution in [0.25, 0.3) is 5.70 Å². The van der Waals surface area contributed by atoms with Crippen molar-refractivity contribution < 1.29 is 14.4 Å². The van der Waals surface area contributed by atoms with Gasteiger partial charge < -0.3 is 20.3 Å². The summed E-state index contributed by atoms with van der Waals surface area (Å²) in [7, 11) is 0. The van der Waals surface area contributed by atoms with Crippen molar-refractivity contribution in [3.63, 3.8) is 0 Å². The van der Waals surface area contributed by atoms with Gasteiger partial charge in [-0.3, -0.25) is 19.4 Å². The number of hydrogen-bond acceptors (Lipinski definition) is 7. The number of hydrogen-bond donors (Lipinski definition) is 1. The van der Waals surface area contributed by atoms with E-state index in [1.165, 1.54) is 11.3 Å². The van der Waals surface area contributed by atoms with E-state index in [-0.39, 0.29) is 11.7 Å². The van der Waals surface area contributed by atoms with Crippen molar-refractivity contribution in [3.05, 3.63) is 59.2 Å². The number of amides is 1. The number of nitrogens with zero attached hydrogens (tertiary/aromatic N) is 4. The number of aldehydes is 1. The van der Waals surface area contributed by atoms with E-state index >= 15 is 0 Å². The first-order valence-corrected chi connectivity index (χ1v) is 16.2. The summed E-state index contributed by atoms with van der Waals surface area (Å²) in [5.41, 5.74) is 12.7. The molecule has 0 radical (unpaired) electrons. The lowest BCUT2D eigenvalue weighted by molar-refractivity contribution is -0.119. The largest absolute Gasteiger partial charge is 0.399 e. The Balaban J connectivity index is 0.00000102. The van der Waals surface area contributed by atoms with Gasteiger partial charge in [0.1, 0.15) is 12.1 Å². The fourth-order valence-electron chi connectivity index (χ4n) is 6.12. The molecule has 43 heavy (non-hydrogen) atoms. The average molecular weight is 588 g/mol. The summed E-state index contributed by atoms with van der Waals surface area (Å²) in [6, 6.07) is 14.2. The number of rotatable bonds is 9. The van der Waals surface area contributed by atoms with Crippen LogP contribution in [0.3, 0.4) is 0 Å². The molecule has 8 heteroatoms. The van der Waals surface area contributed by atoms with E-state index in [0.29, 0.717) is 30.9 Å². The molecule has 8 nitrogen and oxygen atoms in total. The summed E-state index contributed by atoms with van der Waals surface area (Å²) in [5.74, 6) is 0.000353. The molecule has 232 valence electrons. The van der Waals surface area contributed by atoms with Crippen LogP contribution in [0.5, 0.6) is 0 Å². The van der Waals surface area contributed by atoms with Crippen LogP contribution in [0.4, 0.5) is 17.1 Å². The first kappa shape index (κ1) is 32.3. The number of nitrogen functional groups attached to an aromatic ring is 1. The van der Waals surface area contributed by atoms with Gasteiger partial charge in [-0.25, -0.2) is 0 Å². The van der Waals surface area contributed by atoms with Crippen LogP contribution < -0.4 is 15.5 Å². The second kappa shape index (κ2) is 14.7. The summed E-state index contributed by atoms with van der Waals surface area (Å²) in [4.78, 5) is 46.5. The molecule has 0 aromatic heterocycles. The minimum Gasteiger partial charge on any atom is -0.399 e. The van der Waals surface area contributed by atoms with Crippen molar-refractivity contribution >= 4 is 40.7 Å². The first-order chi connectivity index (χ1) is 21.0. The molecule has 2 N–H and O–H groups in total. The zero-order valence-electron chi connectivity index (χ0n) is 26.6. The maximum atomic E-state index is 13.4. The summed E-state index contributed by atoms with van der Waals surface area (Å²) in [6.45, 7) is 15.9. The molecule has 1 unspecified atom stereocenters. The van der Waals surface area contributed by atoms with Crippen LogP contribution >= 0.6 is 0 Å². The molecule has 3 aliphatic heterocycles. The van der Waals surface area contributed by atoms with Crippen molar-refractivity contribution in [2.75, 3.05) is 54.8 Å². The molecule has 2 aromatic carbocycles. The minimum atomic E-state index is -0.604. The number of carbonyl (C=O) groups excluding carboxylic acids is 3. The third-order valence-electron chi connectivity index (χ3n) is 8.70. The number of Topliss-reactive ketones (excluding diaryl/α,β-unsaturated/α-hetero) is 1. The zero-order chi connectivity index (χ0) is 31.1. The lowest BCUT2D eigenvalue weighted by Gasteiger charge is -2.49. The Morgan fingerprint density at radius 1 is 0.907 bits per heavy atom. The molecule has 1 saturated carbocycles. The summed E-state index contributed by atoms with van der Waals surface area (Å²) >= 11 is 0. The van der Waals surface area contributed by atoms with Gasteiger partial charge in [-0.05, 0) is 67.3 Å². The van der Waals surface area contributed by atoms with Crippen LogP contribution in [0.15, 0.2) is 48.0 Å². The van der Waals surface area contributed by atoms with E-state index in [9.17, 15) is 14.4 Å². The maximum Gasteiger partial charge on any atom is 0.259 e. The molecule has 0 bridgehead atoms. The molecule has 4 aliphatic rings. The van der Waals surface area contributed by atoms with E-state index in [1.807, 2.05) is 58.9 Å². The molecule has 6 rings (SSSR count). The second-order valence-corrected chi connectivity index (χ2v) is 11.2. The Morgan fingerprint density at radius 2 is 1.53 bits per heavy atom. The molecule has 3 fully saturated rings. The molecule has 2 aromatic rings. The van der Waals surface area contributed by atoms with Gasteiger partial charge in [-0.2, -0.15) is 0 Å². The van der Waals surface area contributed by atoms with Gasteiger partial charge in [0, 0.05) is 86.3 Å². The van der Waals surface area contributed by atoms with Gasteiger partial charge in [0.25, 0.3) is 5.91 Å². The highest BCUT2D eigenvalue weighted by molar-refractivity contribution is 6.11. The molecule has 1 aliphatic carbocycles. The summed E-state index contributed by atoms with van der Waals surface area (Å²) in [6.07, 6.45) is 3.89. The normalized spacial score (nSPS) is 18.6. The smallest absolute Gasteiger partial charge is 0.259 e. The number of anilines is 3. The fourth-order valence-corrected chi connectivity index (χ4v) is 6.12. The number of allylic oxidation sites excluding steroid dienone is 1. The van der Waals surface area contributed by atoms with Gasteiger partial charge in [-0.1, -0.05) is 34.6 Å². The van der Waals surface area contributed by atoms with E-state index < -0.39 is 6.04 Å². The van der Waals surface area contributed by atoms with Crippen LogP contribution in [-0.4, -0.2) is 79.1 Å². The number of piperazine rings is 1. The lowest BCUT2D eigenvalue weighted by Crippen LogP contribution is -2.63. The van der Waals surface area contributed by atoms with E-state index in [1.54, 1.807) is 4.90 Å². The Kier molecular flexibility index (Phi) is 11.0. The Morgan fingerprint density at radius 3 is 2.12 bits per heavy atom. The van der Waals surface area contributed by atoms with Crippen molar-refractivity contribution in [1.82, 2.24) is 9.80 Å². The summed E-state index contributed by atoms with van der Waals surface area (Å²) in [5, 5.41) is 0. The number of ketones is 1. The van der Waals surface area contributed by atoms with Crippen molar-refractivity contribution in [3.8, 4) is 0 Å². The van der Waals surface area contributed by atoms with Gasteiger partial charge in [0.05, 0.1) is 11.7 Å². The third-order valence-corrected chi connectivity index (χ3v) is 8.70. The molecular formula is C35H49N5O3. The molecule has 2 saturated heterocycles. The maximum absolute atomic E-state index is 13.4. The molecule has 0 spiro atoms. The van der Waals surface area contributed by atoms with Gasteiger partial charge in [-0.15, -0.1) is 0 Å². The van der Waals surface area contributed by atoms with Crippen LogP contribution in [0.2, 0.25) is 0 Å². The highest BCUT2D eigenvalue weighted by Crippen LogP contribution is 2.46. The highest BCUT2D eigenvalue weighted by atomic mass is 16.2. The second-order valence-electron chi connectivity index (χ2n) is 11.2. The van der Waals surface area contributed by atoms with E-state index in [2.05, 4.69) is 32.9 Å². The van der Waals surface area contributed by atoms with Crippen LogP contribution in [0, 0.1) is 0 Å². The van der Waals surface area contributed by atoms with Crippen molar-refractivity contribution in [2.24, 2.45) is 0 Å². The Labute approximate surface area is 257 Å². The number of fused-ring (bicyclic) bond motifs is 1. The highest BCUT2D eigenvalue weighted by Gasteiger charge is 2.41. The topological polar surface area (TPSA) is 90.2 Å². The van der Waals surface area contributed by atoms with Gasteiger partial charge in [0.2, 0.25) is 0 Å². The predicted molar refractivity (Wildman–Crippen MR) is 176 cm³/mol. The van der Waals surface area contributed by atoms with Crippen molar-refractivity contribution in [1.29, 1.82) is 0 Å². The van der Waals surface area contributed by atoms with Crippen molar-refractivity contribution in [2.45, 2.75) is 78.8 Å². The van der Waals surface area contributed by atoms with Gasteiger partial charge >= 0.3 is 0 Å². The number of benzene rings is 2. The molecule has 1 atom stereocenters. The third kappa shape index (κ3) is 6.96. The first-order valence-electron chi connectivity index (χ1n) is 16.2. The fraction of sp³-hybridized carbons (Fsp3) is 0.514. The zero-order valence-corrected chi connectivity index (χ0v) is 26.6. The van der Waals surface area contributed by atoms with Gasteiger partial charge in [0.15, 0.2) is 0 Å². The van der Waals surface area contributed by atoms with E-state index in [0.717, 1.165) is 81.0 Å². The summed E-state index contributed by atoms with van der Waals surface area (Å²) < 4.78 is 0. The Bertz CT molecular complexity index is 1300. The standard InChI is InChI=1S/C31H37N5O3.2C2H6/c1-2-27(38)11-9-25(20-37)36-30(21-3-4-21)29-17-24(10-12-28(29)31(36)39)35-18-26(19-35)34-15-13-33(14-16-34)23-7-5-22(32)6-8-23;2*1-2/h5-8,10,12,17,20,25-26H,2-4,9,11,13-16,18-19,32H2,1H3;2*1-2H3. The SMILES string of the molecule is CC.CC.CCC(=O)CCC(C=O)N1C(=O)c2ccc(N3CC(N4CCN(c5ccc(N)cc5)CC4)C3)cc2C1=C1CC1. The number of nitrogens with two attached hydrogens (primary N) is 1.